The van der Waals surface area contributed by atoms with Gasteiger partial charge in [0, 0.05) is 44.1 Å². The molecule has 20 atom stereocenters. The van der Waals surface area contributed by atoms with E-state index in [-0.39, 0.29) is 32.5 Å². The monoisotopic (exact) mass is 729 g/mol. The maximum atomic E-state index is 13.8. The number of aliphatic hydroxyl groups excluding tert-OH is 6. The molecule has 50 heavy (non-hydrogen) atoms. The Labute approximate surface area is 288 Å². The lowest BCUT2D eigenvalue weighted by molar-refractivity contribution is -0.298. The summed E-state index contributed by atoms with van der Waals surface area (Å²) in [5, 5.41) is 66.2. The van der Waals surface area contributed by atoms with Crippen molar-refractivity contribution in [3.8, 4) is 0 Å². The van der Waals surface area contributed by atoms with Crippen LogP contribution in [0.3, 0.4) is 0 Å². The number of nitrogens with two attached hydrogens (primary N) is 6. The van der Waals surface area contributed by atoms with E-state index in [0.29, 0.717) is 0 Å². The average Bonchev–Trinajstić information content (AvgIpc) is 3.40. The van der Waals surface area contributed by atoms with Crippen molar-refractivity contribution >= 4 is 5.91 Å². The van der Waals surface area contributed by atoms with Gasteiger partial charge in [-0.1, -0.05) is 6.92 Å². The molecule has 21 heteroatoms. The van der Waals surface area contributed by atoms with Gasteiger partial charge in [0.1, 0.15) is 36.7 Å². The van der Waals surface area contributed by atoms with Crippen molar-refractivity contribution in [1.82, 2.24) is 5.32 Å². The molecule has 3 aliphatic heterocycles. The summed E-state index contributed by atoms with van der Waals surface area (Å²) in [6.45, 7) is 0.0853. The molecule has 4 aliphatic rings. The first-order valence-corrected chi connectivity index (χ1v) is 16.9. The first kappa shape index (κ1) is 41.4. The summed E-state index contributed by atoms with van der Waals surface area (Å²) in [6.07, 6.45) is -19.5. The molecule has 3 heterocycles. The summed E-state index contributed by atoms with van der Waals surface area (Å²) in [5.41, 5.74) is 35.7. The van der Waals surface area contributed by atoms with E-state index in [9.17, 15) is 39.8 Å². The number of halogens is 1. The Balaban J connectivity index is 1.54. The number of hydrogen-bond acceptors (Lipinski definition) is 19. The minimum atomic E-state index is -2.05. The smallest absolute Gasteiger partial charge is 0.251 e. The van der Waals surface area contributed by atoms with Crippen molar-refractivity contribution in [3.63, 3.8) is 0 Å². The zero-order valence-corrected chi connectivity index (χ0v) is 27.9. The van der Waals surface area contributed by atoms with Crippen LogP contribution in [0.1, 0.15) is 19.8 Å². The number of ether oxygens (including phenoxy) is 6. The minimum absolute atomic E-state index is 0.0191. The van der Waals surface area contributed by atoms with Crippen LogP contribution in [0.4, 0.5) is 4.39 Å². The van der Waals surface area contributed by atoms with Crippen LogP contribution in [-0.2, 0) is 33.2 Å². The van der Waals surface area contributed by atoms with Crippen molar-refractivity contribution in [3.05, 3.63) is 0 Å². The van der Waals surface area contributed by atoms with E-state index in [1.54, 1.807) is 6.92 Å². The van der Waals surface area contributed by atoms with Crippen LogP contribution >= 0.6 is 0 Å². The molecule has 4 fully saturated rings. The van der Waals surface area contributed by atoms with Crippen LogP contribution in [0, 0.1) is 11.8 Å². The predicted molar refractivity (Wildman–Crippen MR) is 169 cm³/mol. The molecule has 0 aromatic heterocycles. The number of hydrogen-bond donors (Lipinski definition) is 13. The Morgan fingerprint density at radius 1 is 0.820 bits per heavy atom. The van der Waals surface area contributed by atoms with Gasteiger partial charge in [0.25, 0.3) is 5.91 Å². The van der Waals surface area contributed by atoms with Gasteiger partial charge in [-0.2, -0.15) is 0 Å². The van der Waals surface area contributed by atoms with Crippen LogP contribution in [0.2, 0.25) is 0 Å². The van der Waals surface area contributed by atoms with E-state index in [0.717, 1.165) is 0 Å². The molecule has 0 spiro atoms. The fraction of sp³-hybridized carbons (Fsp3) is 0.966. The minimum Gasteiger partial charge on any atom is -0.394 e. The van der Waals surface area contributed by atoms with Gasteiger partial charge in [0.15, 0.2) is 25.0 Å². The second-order valence-corrected chi connectivity index (χ2v) is 13.6. The molecule has 0 radical (unpaired) electrons. The molecule has 0 aromatic rings. The highest BCUT2D eigenvalue weighted by Gasteiger charge is 2.54. The number of amides is 1. The van der Waals surface area contributed by atoms with Gasteiger partial charge in [0.2, 0.25) is 0 Å². The van der Waals surface area contributed by atoms with E-state index >= 15 is 0 Å². The lowest BCUT2D eigenvalue weighted by atomic mass is 9.79. The van der Waals surface area contributed by atoms with Crippen molar-refractivity contribution in [2.24, 2.45) is 46.2 Å². The van der Waals surface area contributed by atoms with Crippen molar-refractivity contribution in [2.75, 3.05) is 32.8 Å². The van der Waals surface area contributed by atoms with Gasteiger partial charge in [-0.3, -0.25) is 4.79 Å². The number of aliphatic hydroxyl groups is 6. The van der Waals surface area contributed by atoms with E-state index in [2.05, 4.69) is 5.32 Å². The second-order valence-electron chi connectivity index (χ2n) is 13.6. The average molecular weight is 730 g/mol. The molecule has 3 saturated heterocycles. The molecule has 292 valence electrons. The standard InChI is InChI=1S/C29H56FN7O13/c1-9-18(36)28(46-16(6-33)19(9)40)49-24-17(8-38)47-29(22(24)43)50-25-20(41)10(7-37-26(44)21(42)11(30)4-31)2-12(34)23(25)48-27-13(35)3-14(39)15(5-32)45-27/h9-25,27-29,38-43H,2-8,31-36H2,1H3,(H,37,44)/t9-,10+,11-,12+,13-,14+,15-,16+,17-,18-,19+,20+,21+,22-,23-,24-,25-,27-,28-,29+/m1/s1. The summed E-state index contributed by atoms with van der Waals surface area (Å²) >= 11 is 0. The molecular formula is C29H56FN7O13. The number of rotatable bonds is 14. The molecule has 19 N–H and O–H groups in total. The molecule has 4 rings (SSSR count). The Morgan fingerprint density at radius 2 is 1.42 bits per heavy atom. The largest absolute Gasteiger partial charge is 0.394 e. The third-order valence-corrected chi connectivity index (χ3v) is 10.1. The maximum Gasteiger partial charge on any atom is 0.251 e. The third-order valence-electron chi connectivity index (χ3n) is 10.1. The lowest BCUT2D eigenvalue weighted by Gasteiger charge is -2.47. The van der Waals surface area contributed by atoms with Crippen LogP contribution in [0.5, 0.6) is 0 Å². The quantitative estimate of drug-likeness (QED) is 0.0789. The summed E-state index contributed by atoms with van der Waals surface area (Å²) < 4.78 is 49.6. The number of alkyl halides is 1. The Kier molecular flexibility index (Phi) is 15.0. The molecular weight excluding hydrogens is 673 g/mol. The first-order valence-electron chi connectivity index (χ1n) is 16.9. The number of nitrogens with one attached hydrogen (secondary N) is 1. The normalized spacial score (nSPS) is 46.8. The van der Waals surface area contributed by atoms with Crippen molar-refractivity contribution in [2.45, 2.75) is 130 Å². The van der Waals surface area contributed by atoms with Gasteiger partial charge >= 0.3 is 0 Å². The van der Waals surface area contributed by atoms with Gasteiger partial charge < -0.3 is 98.8 Å². The Bertz CT molecular complexity index is 1080. The van der Waals surface area contributed by atoms with Crippen LogP contribution in [0.15, 0.2) is 0 Å². The highest BCUT2D eigenvalue weighted by atomic mass is 19.1. The third kappa shape index (κ3) is 9.06. The van der Waals surface area contributed by atoms with Crippen LogP contribution in [-0.4, -0.2) is 180 Å². The van der Waals surface area contributed by atoms with E-state index in [1.807, 2.05) is 0 Å². The SMILES string of the molecule is C[C@@H]1[C@@H](N)[C@@H](O[C@H]2[C@@H](O)[C@H](O[C@@H]3[C@@H](O)[C@H](CNC(=O)[C@@H](O)[C@H](F)CN)C[C@H](N)[C@H]3O[C@H]3O[C@H](CN)[C@@H](O)C[C@H]3N)O[C@@H]2CO)O[C@@H](CN)[C@H]1O. The molecule has 0 bridgehead atoms. The van der Waals surface area contributed by atoms with Gasteiger partial charge in [-0.05, 0) is 12.8 Å². The summed E-state index contributed by atoms with van der Waals surface area (Å²) in [7, 11) is 0. The maximum absolute atomic E-state index is 13.8. The summed E-state index contributed by atoms with van der Waals surface area (Å²) in [5.74, 6) is -2.42. The van der Waals surface area contributed by atoms with E-state index < -0.39 is 141 Å². The molecule has 0 unspecified atom stereocenters. The summed E-state index contributed by atoms with van der Waals surface area (Å²) in [6, 6.07) is -2.62. The molecule has 1 amide bonds. The summed E-state index contributed by atoms with van der Waals surface area (Å²) in [4.78, 5) is 12.4. The second kappa shape index (κ2) is 18.1. The van der Waals surface area contributed by atoms with Crippen LogP contribution in [0.25, 0.3) is 0 Å². The van der Waals surface area contributed by atoms with Crippen molar-refractivity contribution in [1.29, 1.82) is 0 Å². The lowest BCUT2D eigenvalue weighted by Crippen LogP contribution is -2.64. The number of carbonyl (C=O) groups is 1. The molecule has 1 aliphatic carbocycles. The Hall–Kier alpha value is -1.32. The highest BCUT2D eigenvalue weighted by Crippen LogP contribution is 2.36. The van der Waals surface area contributed by atoms with Gasteiger partial charge in [0.05, 0.1) is 49.2 Å². The van der Waals surface area contributed by atoms with Gasteiger partial charge in [-0.15, -0.1) is 0 Å². The Morgan fingerprint density at radius 3 is 2.04 bits per heavy atom. The van der Waals surface area contributed by atoms with Crippen LogP contribution < -0.4 is 39.7 Å². The van der Waals surface area contributed by atoms with Gasteiger partial charge in [-0.25, -0.2) is 4.39 Å². The topological polar surface area (TPSA) is 362 Å². The fourth-order valence-corrected chi connectivity index (χ4v) is 6.82. The fourth-order valence-electron chi connectivity index (χ4n) is 6.82. The van der Waals surface area contributed by atoms with E-state index in [4.69, 9.17) is 62.8 Å². The molecule has 20 nitrogen and oxygen atoms in total. The molecule has 1 saturated carbocycles. The first-order chi connectivity index (χ1) is 23.7. The zero-order valence-electron chi connectivity index (χ0n) is 27.9. The molecule has 0 aromatic carbocycles. The number of carbonyl (C=O) groups excluding carboxylic acids is 1. The van der Waals surface area contributed by atoms with Crippen molar-refractivity contribution < 1.29 is 68.2 Å². The van der Waals surface area contributed by atoms with E-state index in [1.165, 1.54) is 0 Å². The predicted octanol–water partition coefficient (Wildman–Crippen LogP) is -7.53. The zero-order chi connectivity index (χ0) is 37.0. The highest BCUT2D eigenvalue weighted by molar-refractivity contribution is 5.81.